The second-order valence-corrected chi connectivity index (χ2v) is 19.0. The molecule has 5 aliphatic rings. The highest BCUT2D eigenvalue weighted by Crippen LogP contribution is 2.65. The van der Waals surface area contributed by atoms with Crippen molar-refractivity contribution < 1.29 is 4.74 Å². The number of hydrogen-bond donors (Lipinski definition) is 0. The van der Waals surface area contributed by atoms with Gasteiger partial charge in [0.05, 0.1) is 16.8 Å². The average molecular weight is 844 g/mol. The second kappa shape index (κ2) is 13.8. The van der Waals surface area contributed by atoms with E-state index in [-0.39, 0.29) is 17.4 Å². The first kappa shape index (κ1) is 37.4. The molecule has 14 rings (SSSR count). The van der Waals surface area contributed by atoms with Crippen LogP contribution in [-0.2, 0) is 10.8 Å². The molecule has 1 spiro atoms. The topological polar surface area (TPSA) is 12.5 Å². The number of fused-ring (bicyclic) bond motifs is 16. The summed E-state index contributed by atoms with van der Waals surface area (Å²) in [5.41, 5.74) is 24.7. The molecule has 9 aromatic carbocycles. The van der Waals surface area contributed by atoms with E-state index in [1.807, 2.05) is 0 Å². The zero-order chi connectivity index (χ0) is 43.7. The molecule has 2 heteroatoms. The molecule has 0 N–H and O–H groups in total. The van der Waals surface area contributed by atoms with Gasteiger partial charge in [0.25, 0.3) is 0 Å². The molecule has 2 unspecified atom stereocenters. The minimum absolute atomic E-state index is 0.00912. The highest BCUT2D eigenvalue weighted by Gasteiger charge is 2.52. The third kappa shape index (κ3) is 5.02. The highest BCUT2D eigenvalue weighted by atomic mass is 16.5. The molecule has 0 radical (unpaired) electrons. The van der Waals surface area contributed by atoms with Crippen molar-refractivity contribution in [1.82, 2.24) is 0 Å². The van der Waals surface area contributed by atoms with Crippen LogP contribution in [0.1, 0.15) is 64.3 Å². The van der Waals surface area contributed by atoms with E-state index >= 15 is 0 Å². The molecule has 1 aliphatic heterocycles. The molecule has 9 aromatic rings. The zero-order valence-corrected chi connectivity index (χ0v) is 36.9. The maximum atomic E-state index is 6.40. The van der Waals surface area contributed by atoms with Gasteiger partial charge in [-0.2, -0.15) is 0 Å². The Hall–Kier alpha value is -7.94. The Bertz CT molecular complexity index is 3530. The summed E-state index contributed by atoms with van der Waals surface area (Å²) in [6.07, 6.45) is 6.92. The quantitative estimate of drug-likeness (QED) is 0.171. The number of para-hydroxylation sites is 1. The predicted octanol–water partition coefficient (Wildman–Crippen LogP) is 16.0. The Balaban J connectivity index is 1.04. The molecule has 312 valence electrons. The first-order valence-electron chi connectivity index (χ1n) is 23.3. The molecule has 1 heterocycles. The number of allylic oxidation sites excluding steroid dienone is 2. The number of rotatable bonds is 5. The largest absolute Gasteiger partial charge is 0.485 e. The lowest BCUT2D eigenvalue weighted by atomic mass is 9.70. The van der Waals surface area contributed by atoms with Crippen LogP contribution in [0.4, 0.5) is 17.1 Å². The van der Waals surface area contributed by atoms with Gasteiger partial charge in [-0.25, -0.2) is 0 Å². The van der Waals surface area contributed by atoms with Crippen molar-refractivity contribution in [2.75, 3.05) is 4.90 Å². The van der Waals surface area contributed by atoms with Crippen LogP contribution in [0.2, 0.25) is 0 Å². The van der Waals surface area contributed by atoms with Crippen molar-refractivity contribution >= 4 is 22.6 Å². The van der Waals surface area contributed by atoms with Crippen LogP contribution in [0, 0.1) is 0 Å². The molecular weight excluding hydrogens is 799 g/mol. The van der Waals surface area contributed by atoms with Crippen molar-refractivity contribution in [3.05, 3.63) is 269 Å². The van der Waals surface area contributed by atoms with E-state index in [4.69, 9.17) is 4.74 Å². The number of ether oxygens (including phenoxy) is 1. The van der Waals surface area contributed by atoms with Crippen molar-refractivity contribution in [1.29, 1.82) is 0 Å². The molecular formula is C64H45NO. The van der Waals surface area contributed by atoms with Crippen LogP contribution in [0.25, 0.3) is 50.1 Å². The normalized spacial score (nSPS) is 17.6. The standard InChI is InChI=1S/C64H45NO/c1-63(2)52-24-11-6-19-44(52)47-34-33-43(39-57(47)63)65(58-35-31-41(37-50(58)40-17-4-3-5-18-40)42-32-36-61-51(38-42)48-22-10-15-30-60(48)66-61)59-29-16-28-56-62(59)49-23-9-14-27-55(49)64(56)53-25-12-7-20-45(53)46-21-8-13-26-54(46)64/h3-39,51,61H,1-2H3. The fraction of sp³-hybridized carbons (Fsp3) is 0.0938. The average Bonchev–Trinajstić information content (AvgIpc) is 4.06. The van der Waals surface area contributed by atoms with Gasteiger partial charge in [0, 0.05) is 33.7 Å². The third-order valence-corrected chi connectivity index (χ3v) is 15.4. The summed E-state index contributed by atoms with van der Waals surface area (Å²) < 4.78 is 6.40. The maximum Gasteiger partial charge on any atom is 0.128 e. The van der Waals surface area contributed by atoms with Gasteiger partial charge in [-0.15, -0.1) is 0 Å². The summed E-state index contributed by atoms with van der Waals surface area (Å²) in [7, 11) is 0. The third-order valence-electron chi connectivity index (χ3n) is 15.4. The van der Waals surface area contributed by atoms with Crippen LogP contribution >= 0.6 is 0 Å². The van der Waals surface area contributed by atoms with Crippen molar-refractivity contribution in [3.8, 4) is 50.3 Å². The summed E-state index contributed by atoms with van der Waals surface area (Å²) in [5.74, 6) is 1.15. The molecule has 0 bridgehead atoms. The fourth-order valence-electron chi connectivity index (χ4n) is 12.6. The van der Waals surface area contributed by atoms with Crippen LogP contribution in [0.15, 0.2) is 224 Å². The number of hydrogen-bond acceptors (Lipinski definition) is 2. The Morgan fingerprint density at radius 1 is 0.439 bits per heavy atom. The van der Waals surface area contributed by atoms with Crippen molar-refractivity contribution in [2.45, 2.75) is 36.7 Å². The van der Waals surface area contributed by atoms with E-state index in [0.29, 0.717) is 0 Å². The van der Waals surface area contributed by atoms with Gasteiger partial charge in [-0.3, -0.25) is 0 Å². The maximum absolute atomic E-state index is 6.40. The Labute approximate surface area is 386 Å². The lowest BCUT2D eigenvalue weighted by molar-refractivity contribution is 0.269. The van der Waals surface area contributed by atoms with Crippen LogP contribution < -0.4 is 9.64 Å². The molecule has 0 fully saturated rings. The predicted molar refractivity (Wildman–Crippen MR) is 271 cm³/mol. The van der Waals surface area contributed by atoms with Gasteiger partial charge < -0.3 is 9.64 Å². The van der Waals surface area contributed by atoms with Gasteiger partial charge in [0.2, 0.25) is 0 Å². The smallest absolute Gasteiger partial charge is 0.128 e. The molecule has 0 saturated heterocycles. The van der Waals surface area contributed by atoms with Gasteiger partial charge in [-0.1, -0.05) is 196 Å². The summed E-state index contributed by atoms with van der Waals surface area (Å²) in [4.78, 5) is 2.58. The Morgan fingerprint density at radius 3 is 1.80 bits per heavy atom. The Morgan fingerprint density at radius 2 is 1.05 bits per heavy atom. The highest BCUT2D eigenvalue weighted by molar-refractivity contribution is 6.03. The van der Waals surface area contributed by atoms with E-state index in [2.05, 4.69) is 243 Å². The SMILES string of the molecule is CC1(C)c2ccccc2-c2ccc(N(c3ccc(C4=CC5c6ccccc6OC5C=C4)cc3-c3ccccc3)c3cccc4c3-c3ccccc3C43c4ccccc4-c4ccccc43)cc21. The van der Waals surface area contributed by atoms with E-state index in [9.17, 15) is 0 Å². The lowest BCUT2D eigenvalue weighted by Crippen LogP contribution is -2.26. The molecule has 2 atom stereocenters. The first-order chi connectivity index (χ1) is 32.5. The van der Waals surface area contributed by atoms with Gasteiger partial charge >= 0.3 is 0 Å². The Kier molecular flexibility index (Phi) is 7.82. The molecule has 2 nitrogen and oxygen atoms in total. The van der Waals surface area contributed by atoms with E-state index < -0.39 is 5.41 Å². The van der Waals surface area contributed by atoms with E-state index in [1.54, 1.807) is 0 Å². The van der Waals surface area contributed by atoms with Crippen molar-refractivity contribution in [3.63, 3.8) is 0 Å². The first-order valence-corrected chi connectivity index (χ1v) is 23.3. The van der Waals surface area contributed by atoms with E-state index in [1.165, 1.54) is 94.6 Å². The van der Waals surface area contributed by atoms with Gasteiger partial charge in [0.1, 0.15) is 11.9 Å². The molecule has 4 aliphatic carbocycles. The summed E-state index contributed by atoms with van der Waals surface area (Å²) in [6, 6.07) is 77.2. The summed E-state index contributed by atoms with van der Waals surface area (Å²) >= 11 is 0. The monoisotopic (exact) mass is 843 g/mol. The van der Waals surface area contributed by atoms with Crippen LogP contribution in [0.3, 0.4) is 0 Å². The van der Waals surface area contributed by atoms with Crippen LogP contribution in [0.5, 0.6) is 5.75 Å². The van der Waals surface area contributed by atoms with Gasteiger partial charge in [0.15, 0.2) is 0 Å². The summed E-state index contributed by atoms with van der Waals surface area (Å²) in [6.45, 7) is 4.77. The van der Waals surface area contributed by atoms with Gasteiger partial charge in [-0.05, 0) is 120 Å². The van der Waals surface area contributed by atoms with E-state index in [0.717, 1.165) is 22.8 Å². The summed E-state index contributed by atoms with van der Waals surface area (Å²) in [5, 5.41) is 0. The van der Waals surface area contributed by atoms with Crippen LogP contribution in [-0.4, -0.2) is 6.10 Å². The zero-order valence-electron chi connectivity index (χ0n) is 36.9. The number of anilines is 3. The second-order valence-electron chi connectivity index (χ2n) is 19.0. The molecule has 66 heavy (non-hydrogen) atoms. The molecule has 0 saturated carbocycles. The minimum Gasteiger partial charge on any atom is -0.485 e. The molecule has 0 aromatic heterocycles. The number of nitrogens with zero attached hydrogens (tertiary/aromatic N) is 1. The lowest BCUT2D eigenvalue weighted by Gasteiger charge is -2.33. The molecule has 0 amide bonds. The minimum atomic E-state index is -0.464. The van der Waals surface area contributed by atoms with Crippen molar-refractivity contribution in [2.24, 2.45) is 0 Å². The number of benzene rings is 9. The fourth-order valence-corrected chi connectivity index (χ4v) is 12.6.